The highest BCUT2D eigenvalue weighted by Crippen LogP contribution is 2.23. The van der Waals surface area contributed by atoms with Crippen LogP contribution in [0, 0.1) is 5.82 Å². The molecule has 0 radical (unpaired) electrons. The van der Waals surface area contributed by atoms with Crippen LogP contribution >= 0.6 is 15.9 Å². The summed E-state index contributed by atoms with van der Waals surface area (Å²) in [4.78, 5) is 12.0. The molecule has 0 heterocycles. The highest BCUT2D eigenvalue weighted by atomic mass is 79.9. The van der Waals surface area contributed by atoms with Gasteiger partial charge in [-0.15, -0.1) is 0 Å². The third-order valence-electron chi connectivity index (χ3n) is 2.74. The van der Waals surface area contributed by atoms with Crippen LogP contribution in [0.2, 0.25) is 0 Å². The predicted octanol–water partition coefficient (Wildman–Crippen LogP) is 4.63. The highest BCUT2D eigenvalue weighted by Gasteiger charge is 2.10. The van der Waals surface area contributed by atoms with Crippen molar-refractivity contribution in [3.05, 3.63) is 70.0 Å². The largest absolute Gasteiger partial charge is 0.320 e. The van der Waals surface area contributed by atoms with E-state index in [1.54, 1.807) is 25.1 Å². The lowest BCUT2D eigenvalue weighted by atomic mass is 10.1. The van der Waals surface area contributed by atoms with Gasteiger partial charge in [0.25, 0.3) is 5.91 Å². The van der Waals surface area contributed by atoms with Crippen LogP contribution in [0.5, 0.6) is 0 Å². The summed E-state index contributed by atoms with van der Waals surface area (Å²) in [7, 11) is 0. The Morgan fingerprint density at radius 1 is 1.15 bits per heavy atom. The van der Waals surface area contributed by atoms with Gasteiger partial charge >= 0.3 is 0 Å². The zero-order chi connectivity index (χ0) is 14.5. The number of carbonyl (C=O) groups excluding carboxylic acids is 1. The summed E-state index contributed by atoms with van der Waals surface area (Å²) in [5, 5.41) is 2.56. The molecule has 0 atom stereocenters. The number of rotatable bonds is 3. The number of benzene rings is 2. The average Bonchev–Trinajstić information content (AvgIpc) is 2.45. The highest BCUT2D eigenvalue weighted by molar-refractivity contribution is 9.10. The Balaban J connectivity index is 2.16. The Morgan fingerprint density at radius 2 is 1.85 bits per heavy atom. The van der Waals surface area contributed by atoms with Crippen molar-refractivity contribution in [3.63, 3.8) is 0 Å². The minimum absolute atomic E-state index is 0.158. The first-order chi connectivity index (χ1) is 9.58. The maximum atomic E-state index is 13.8. The molecule has 0 fully saturated rings. The average molecular weight is 334 g/mol. The number of carbonyl (C=O) groups is 1. The Labute approximate surface area is 125 Å². The van der Waals surface area contributed by atoms with Gasteiger partial charge in [0.15, 0.2) is 5.82 Å². The summed E-state index contributed by atoms with van der Waals surface area (Å²) in [5.74, 6) is -0.806. The predicted molar refractivity (Wildman–Crippen MR) is 82.8 cm³/mol. The third-order valence-corrected chi connectivity index (χ3v) is 3.35. The van der Waals surface area contributed by atoms with Gasteiger partial charge in [0.2, 0.25) is 0 Å². The molecule has 0 unspecified atom stereocenters. The zero-order valence-corrected chi connectivity index (χ0v) is 12.4. The summed E-state index contributed by atoms with van der Waals surface area (Å²) < 4.78 is 14.1. The van der Waals surface area contributed by atoms with Gasteiger partial charge in [-0.2, -0.15) is 0 Å². The Morgan fingerprint density at radius 3 is 2.55 bits per heavy atom. The Kier molecular flexibility index (Phi) is 4.69. The number of hydrogen-bond acceptors (Lipinski definition) is 1. The molecule has 102 valence electrons. The van der Waals surface area contributed by atoms with Gasteiger partial charge < -0.3 is 5.32 Å². The van der Waals surface area contributed by atoms with E-state index in [1.807, 2.05) is 30.3 Å². The second-order valence-electron chi connectivity index (χ2n) is 4.29. The van der Waals surface area contributed by atoms with Crippen LogP contribution in [0.3, 0.4) is 0 Å². The third kappa shape index (κ3) is 3.54. The summed E-state index contributed by atoms with van der Waals surface area (Å²) in [6.07, 6.45) is 1.76. The number of nitrogens with one attached hydrogen (secondary N) is 1. The van der Waals surface area contributed by atoms with Crippen molar-refractivity contribution in [3.8, 4) is 0 Å². The molecular formula is C16H13BrFNO. The summed E-state index contributed by atoms with van der Waals surface area (Å²) in [5.41, 5.74) is 1.59. The van der Waals surface area contributed by atoms with E-state index in [-0.39, 0.29) is 11.6 Å². The summed E-state index contributed by atoms with van der Waals surface area (Å²) >= 11 is 3.09. The van der Waals surface area contributed by atoms with Gasteiger partial charge in [0.1, 0.15) is 0 Å². The van der Waals surface area contributed by atoms with Crippen molar-refractivity contribution < 1.29 is 9.18 Å². The molecule has 2 nitrogen and oxygen atoms in total. The summed E-state index contributed by atoms with van der Waals surface area (Å²) in [6, 6.07) is 14.3. The SMILES string of the molecule is C/C(=C\c1ccccc1)C(=O)Nc1cccc(Br)c1F. The Bertz CT molecular complexity index is 653. The van der Waals surface area contributed by atoms with Crippen LogP contribution in [0.25, 0.3) is 6.08 Å². The van der Waals surface area contributed by atoms with Crippen LogP contribution in [0.15, 0.2) is 58.6 Å². The minimum atomic E-state index is -0.478. The van der Waals surface area contributed by atoms with Gasteiger partial charge in [-0.1, -0.05) is 36.4 Å². The molecule has 4 heteroatoms. The smallest absolute Gasteiger partial charge is 0.251 e. The van der Waals surface area contributed by atoms with Crippen LogP contribution in [-0.4, -0.2) is 5.91 Å². The van der Waals surface area contributed by atoms with Crippen molar-refractivity contribution in [2.45, 2.75) is 6.92 Å². The van der Waals surface area contributed by atoms with Gasteiger partial charge in [-0.3, -0.25) is 4.79 Å². The molecule has 0 saturated carbocycles. The minimum Gasteiger partial charge on any atom is -0.320 e. The van der Waals surface area contributed by atoms with Gasteiger partial charge in [-0.05, 0) is 46.6 Å². The lowest BCUT2D eigenvalue weighted by molar-refractivity contribution is -0.112. The lowest BCUT2D eigenvalue weighted by Gasteiger charge is -2.07. The molecule has 2 aromatic rings. The van der Waals surface area contributed by atoms with Crippen molar-refractivity contribution >= 4 is 33.6 Å². The number of hydrogen-bond donors (Lipinski definition) is 1. The molecule has 0 aromatic heterocycles. The van der Waals surface area contributed by atoms with E-state index >= 15 is 0 Å². The molecule has 1 amide bonds. The first kappa shape index (κ1) is 14.5. The van der Waals surface area contributed by atoms with E-state index in [0.29, 0.717) is 10.0 Å². The van der Waals surface area contributed by atoms with Gasteiger partial charge in [0, 0.05) is 5.57 Å². The Hall–Kier alpha value is -1.94. The summed E-state index contributed by atoms with van der Waals surface area (Å²) in [6.45, 7) is 1.69. The van der Waals surface area contributed by atoms with E-state index in [2.05, 4.69) is 21.2 Å². The maximum Gasteiger partial charge on any atom is 0.251 e. The molecule has 0 aliphatic heterocycles. The first-order valence-electron chi connectivity index (χ1n) is 6.06. The van der Waals surface area contributed by atoms with Crippen molar-refractivity contribution in [1.29, 1.82) is 0 Å². The first-order valence-corrected chi connectivity index (χ1v) is 6.86. The second kappa shape index (κ2) is 6.48. The van der Waals surface area contributed by atoms with Crippen molar-refractivity contribution in [2.75, 3.05) is 5.32 Å². The van der Waals surface area contributed by atoms with E-state index in [4.69, 9.17) is 0 Å². The quantitative estimate of drug-likeness (QED) is 0.815. The van der Waals surface area contributed by atoms with E-state index in [9.17, 15) is 9.18 Å². The van der Waals surface area contributed by atoms with Crippen LogP contribution in [0.4, 0.5) is 10.1 Å². The molecule has 2 aromatic carbocycles. The lowest BCUT2D eigenvalue weighted by Crippen LogP contribution is -2.13. The van der Waals surface area contributed by atoms with Crippen molar-refractivity contribution in [2.24, 2.45) is 0 Å². The molecular weight excluding hydrogens is 321 g/mol. The molecule has 20 heavy (non-hydrogen) atoms. The molecule has 0 aliphatic rings. The van der Waals surface area contributed by atoms with Gasteiger partial charge in [0.05, 0.1) is 10.2 Å². The fraction of sp³-hybridized carbons (Fsp3) is 0.0625. The molecule has 0 bridgehead atoms. The standard InChI is InChI=1S/C16H13BrFNO/c1-11(10-12-6-3-2-4-7-12)16(20)19-14-9-5-8-13(17)15(14)18/h2-10H,1H3,(H,19,20)/b11-10+. The van der Waals surface area contributed by atoms with E-state index in [0.717, 1.165) is 5.56 Å². The fourth-order valence-electron chi connectivity index (χ4n) is 1.69. The fourth-order valence-corrected chi connectivity index (χ4v) is 2.05. The van der Waals surface area contributed by atoms with Crippen LogP contribution in [-0.2, 0) is 4.79 Å². The van der Waals surface area contributed by atoms with Gasteiger partial charge in [-0.25, -0.2) is 4.39 Å². The molecule has 0 saturated heterocycles. The zero-order valence-electron chi connectivity index (χ0n) is 10.9. The molecule has 0 spiro atoms. The van der Waals surface area contributed by atoms with Crippen molar-refractivity contribution in [1.82, 2.24) is 0 Å². The number of anilines is 1. The van der Waals surface area contributed by atoms with E-state index in [1.165, 1.54) is 6.07 Å². The topological polar surface area (TPSA) is 29.1 Å². The maximum absolute atomic E-state index is 13.8. The monoisotopic (exact) mass is 333 g/mol. The van der Waals surface area contributed by atoms with E-state index < -0.39 is 5.82 Å². The second-order valence-corrected chi connectivity index (χ2v) is 5.15. The normalized spacial score (nSPS) is 11.2. The van der Waals surface area contributed by atoms with Crippen LogP contribution in [0.1, 0.15) is 12.5 Å². The molecule has 2 rings (SSSR count). The molecule has 1 N–H and O–H groups in total. The number of halogens is 2. The molecule has 0 aliphatic carbocycles. The van der Waals surface area contributed by atoms with Crippen LogP contribution < -0.4 is 5.32 Å². The number of amides is 1.